The van der Waals surface area contributed by atoms with Crippen LogP contribution in [0.15, 0.2) is 40.3 Å². The first-order valence-electron chi connectivity index (χ1n) is 9.13. The average molecular weight is 402 g/mol. The van der Waals surface area contributed by atoms with Gasteiger partial charge in [-0.2, -0.15) is 0 Å². The molecule has 0 unspecified atom stereocenters. The van der Waals surface area contributed by atoms with E-state index < -0.39 is 0 Å². The maximum Gasteiger partial charge on any atom is 0.225 e. The largest absolute Gasteiger partial charge is 0.468 e. The number of amides is 1. The molecule has 0 aliphatic heterocycles. The summed E-state index contributed by atoms with van der Waals surface area (Å²) in [5.41, 5.74) is 1.00. The maximum absolute atomic E-state index is 12.0. The van der Waals surface area contributed by atoms with E-state index in [2.05, 4.69) is 29.3 Å². The minimum atomic E-state index is 0.0832. The van der Waals surface area contributed by atoms with Gasteiger partial charge in [-0.3, -0.25) is 14.6 Å². The van der Waals surface area contributed by atoms with Crippen LogP contribution in [0.1, 0.15) is 41.0 Å². The molecular weight excluding hydrogens is 378 g/mol. The average Bonchev–Trinajstić information content (AvgIpc) is 2.99. The molecule has 0 saturated heterocycles. The maximum atomic E-state index is 12.0. The van der Waals surface area contributed by atoms with E-state index in [9.17, 15) is 4.79 Å². The normalized spacial score (nSPS) is 14.0. The second-order valence-electron chi connectivity index (χ2n) is 6.98. The molecule has 0 atom stereocenters. The van der Waals surface area contributed by atoms with E-state index in [4.69, 9.17) is 9.40 Å². The van der Waals surface area contributed by atoms with Crippen LogP contribution in [0, 0.1) is 6.92 Å². The zero-order chi connectivity index (χ0) is 18.8. The number of nitrogens with zero attached hydrogens (tertiary/aromatic N) is 3. The molecule has 1 aliphatic carbocycles. The number of thiophene rings is 1. The zero-order valence-corrected chi connectivity index (χ0v) is 17.2. The molecule has 3 heterocycles. The Morgan fingerprint density at radius 2 is 2.11 bits per heavy atom. The lowest BCUT2D eigenvalue weighted by Gasteiger charge is -2.20. The molecular formula is C20H23N3O2S2. The molecule has 0 aromatic carbocycles. The van der Waals surface area contributed by atoms with Crippen LogP contribution >= 0.6 is 22.7 Å². The molecule has 1 aliphatic rings. The number of anilines is 1. The van der Waals surface area contributed by atoms with E-state index in [-0.39, 0.29) is 5.91 Å². The highest BCUT2D eigenvalue weighted by atomic mass is 32.1. The highest BCUT2D eigenvalue weighted by molar-refractivity contribution is 7.14. The van der Waals surface area contributed by atoms with E-state index in [1.807, 2.05) is 28.4 Å². The van der Waals surface area contributed by atoms with E-state index in [0.29, 0.717) is 6.04 Å². The Kier molecular flexibility index (Phi) is 5.43. The third-order valence-corrected chi connectivity index (χ3v) is 6.39. The van der Waals surface area contributed by atoms with Gasteiger partial charge >= 0.3 is 0 Å². The van der Waals surface area contributed by atoms with Gasteiger partial charge in [0.1, 0.15) is 5.76 Å². The van der Waals surface area contributed by atoms with Crippen molar-refractivity contribution in [3.05, 3.63) is 57.1 Å². The van der Waals surface area contributed by atoms with Crippen LogP contribution in [-0.2, 0) is 24.4 Å². The molecule has 0 radical (unpaired) electrons. The Morgan fingerprint density at radius 1 is 1.26 bits per heavy atom. The molecule has 5 nitrogen and oxygen atoms in total. The second-order valence-corrected chi connectivity index (χ2v) is 9.19. The summed E-state index contributed by atoms with van der Waals surface area (Å²) in [4.78, 5) is 23.6. The fraction of sp³-hybridized carbons (Fsp3) is 0.400. The SMILES string of the molecule is CC(=O)N(c1nc(CN(Cc2ccco2)Cc2ccc(C)s2)cs1)C1CC1. The first-order chi connectivity index (χ1) is 13.1. The van der Waals surface area contributed by atoms with Gasteiger partial charge in [0, 0.05) is 41.2 Å². The lowest BCUT2D eigenvalue weighted by Crippen LogP contribution is -2.30. The first-order valence-corrected chi connectivity index (χ1v) is 10.8. The molecule has 4 rings (SSSR count). The topological polar surface area (TPSA) is 49.6 Å². The van der Waals surface area contributed by atoms with Crippen molar-refractivity contribution in [3.63, 3.8) is 0 Å². The standard InChI is InChI=1S/C20H23N3O2S2/c1-14-5-8-19(27-14)12-22(11-18-4-3-9-25-18)10-16-13-26-20(21-16)23(15(2)24)17-6-7-17/h3-5,8-9,13,17H,6-7,10-12H2,1-2H3. The van der Waals surface area contributed by atoms with Crippen LogP contribution < -0.4 is 4.90 Å². The molecule has 0 N–H and O–H groups in total. The van der Waals surface area contributed by atoms with Gasteiger partial charge in [0.05, 0.1) is 18.5 Å². The van der Waals surface area contributed by atoms with E-state index >= 15 is 0 Å². The summed E-state index contributed by atoms with van der Waals surface area (Å²) in [6.45, 7) is 6.07. The van der Waals surface area contributed by atoms with Crippen LogP contribution in [0.2, 0.25) is 0 Å². The van der Waals surface area contributed by atoms with Crippen molar-refractivity contribution in [1.29, 1.82) is 0 Å². The number of aryl methyl sites for hydroxylation is 1. The number of thiazole rings is 1. The quantitative estimate of drug-likeness (QED) is 0.543. The van der Waals surface area contributed by atoms with Crippen molar-refractivity contribution in [3.8, 4) is 0 Å². The van der Waals surface area contributed by atoms with Crippen molar-refractivity contribution in [1.82, 2.24) is 9.88 Å². The Bertz CT molecular complexity index is 896. The molecule has 1 fully saturated rings. The number of carbonyl (C=O) groups is 1. The van der Waals surface area contributed by atoms with Crippen molar-refractivity contribution in [2.24, 2.45) is 0 Å². The number of aromatic nitrogens is 1. The summed E-state index contributed by atoms with van der Waals surface area (Å²) < 4.78 is 5.55. The van der Waals surface area contributed by atoms with Crippen molar-refractivity contribution in [2.45, 2.75) is 52.4 Å². The number of furan rings is 1. The van der Waals surface area contributed by atoms with Gasteiger partial charge < -0.3 is 4.42 Å². The molecule has 142 valence electrons. The van der Waals surface area contributed by atoms with Gasteiger partial charge in [0.2, 0.25) is 5.91 Å². The van der Waals surface area contributed by atoms with Crippen LogP contribution in [0.25, 0.3) is 0 Å². The Labute approximate surface area is 167 Å². The summed E-state index contributed by atoms with van der Waals surface area (Å²) in [5, 5.41) is 2.90. The fourth-order valence-corrected chi connectivity index (χ4v) is 5.03. The number of hydrogen-bond acceptors (Lipinski definition) is 6. The van der Waals surface area contributed by atoms with E-state index in [1.165, 1.54) is 9.75 Å². The van der Waals surface area contributed by atoms with Crippen molar-refractivity contribution < 1.29 is 9.21 Å². The Balaban J connectivity index is 1.49. The van der Waals surface area contributed by atoms with Gasteiger partial charge in [-0.05, 0) is 44.0 Å². The van der Waals surface area contributed by atoms with Gasteiger partial charge in [-0.1, -0.05) is 0 Å². The van der Waals surface area contributed by atoms with Crippen LogP contribution in [0.4, 0.5) is 5.13 Å². The monoisotopic (exact) mass is 401 g/mol. The van der Waals surface area contributed by atoms with Crippen molar-refractivity contribution in [2.75, 3.05) is 4.90 Å². The van der Waals surface area contributed by atoms with Gasteiger partial charge in [0.25, 0.3) is 0 Å². The third-order valence-electron chi connectivity index (χ3n) is 4.52. The van der Waals surface area contributed by atoms with Crippen LogP contribution in [-0.4, -0.2) is 21.8 Å². The lowest BCUT2D eigenvalue weighted by atomic mass is 10.3. The number of rotatable bonds is 8. The second kappa shape index (κ2) is 7.96. The molecule has 27 heavy (non-hydrogen) atoms. The van der Waals surface area contributed by atoms with Crippen LogP contribution in [0.5, 0.6) is 0 Å². The lowest BCUT2D eigenvalue weighted by molar-refractivity contribution is -0.116. The van der Waals surface area contributed by atoms with Gasteiger partial charge in [0.15, 0.2) is 5.13 Å². The summed E-state index contributed by atoms with van der Waals surface area (Å²) in [5.74, 6) is 1.03. The predicted octanol–water partition coefficient (Wildman–Crippen LogP) is 4.82. The summed E-state index contributed by atoms with van der Waals surface area (Å²) in [6, 6.07) is 8.61. The molecule has 0 bridgehead atoms. The van der Waals surface area contributed by atoms with Gasteiger partial charge in [-0.15, -0.1) is 22.7 Å². The molecule has 7 heteroatoms. The third kappa shape index (κ3) is 4.66. The van der Waals surface area contributed by atoms with Crippen molar-refractivity contribution >= 4 is 33.7 Å². The summed E-state index contributed by atoms with van der Waals surface area (Å²) >= 11 is 3.38. The highest BCUT2D eigenvalue weighted by Gasteiger charge is 2.33. The van der Waals surface area contributed by atoms with Gasteiger partial charge in [-0.25, -0.2) is 4.98 Å². The minimum absolute atomic E-state index is 0.0832. The zero-order valence-electron chi connectivity index (χ0n) is 15.6. The smallest absolute Gasteiger partial charge is 0.225 e. The molecule has 3 aromatic heterocycles. The molecule has 3 aromatic rings. The summed E-state index contributed by atoms with van der Waals surface area (Å²) in [6.07, 6.45) is 3.87. The van der Waals surface area contributed by atoms with E-state index in [1.54, 1.807) is 24.5 Å². The molecule has 1 saturated carbocycles. The predicted molar refractivity (Wildman–Crippen MR) is 109 cm³/mol. The molecule has 1 amide bonds. The fourth-order valence-electron chi connectivity index (χ4n) is 3.17. The Morgan fingerprint density at radius 3 is 2.74 bits per heavy atom. The number of carbonyl (C=O) groups excluding carboxylic acids is 1. The first kappa shape index (κ1) is 18.4. The Hall–Kier alpha value is -1.96. The minimum Gasteiger partial charge on any atom is -0.468 e. The highest BCUT2D eigenvalue weighted by Crippen LogP contribution is 2.34. The molecule has 0 spiro atoms. The van der Waals surface area contributed by atoms with E-state index in [0.717, 1.165) is 49.1 Å². The van der Waals surface area contributed by atoms with Crippen LogP contribution in [0.3, 0.4) is 0 Å². The number of hydrogen-bond donors (Lipinski definition) is 0. The summed E-state index contributed by atoms with van der Waals surface area (Å²) in [7, 11) is 0.